The van der Waals surface area contributed by atoms with Crippen molar-refractivity contribution in [3.8, 4) is 34.6 Å². The molecule has 5 rings (SSSR count). The standard InChI is InChI=1S/C25H21FN6O3/c26-20-9-16(3-6-19(20)23-31-21-7-15(10-27)11-28-24(21)32-23)17-12-29-25(30-13-17)35-18-4-1-14(2-5-18)8-22(33)34/h3,6-7,9,11-14,18H,1-2,4-5,8H2,(H,33,34)(H,28,31,32). The highest BCUT2D eigenvalue weighted by Crippen LogP contribution is 2.30. The predicted octanol–water partition coefficient (Wildman–Crippen LogP) is 4.50. The fourth-order valence-electron chi connectivity index (χ4n) is 4.35. The molecule has 0 atom stereocenters. The first-order valence-electron chi connectivity index (χ1n) is 11.2. The van der Waals surface area contributed by atoms with Gasteiger partial charge in [-0.15, -0.1) is 0 Å². The molecule has 176 valence electrons. The van der Waals surface area contributed by atoms with E-state index < -0.39 is 11.8 Å². The maximum Gasteiger partial charge on any atom is 0.316 e. The molecule has 1 aliphatic carbocycles. The lowest BCUT2D eigenvalue weighted by Gasteiger charge is -2.27. The molecule has 3 aromatic heterocycles. The maximum atomic E-state index is 15.0. The van der Waals surface area contributed by atoms with Crippen molar-refractivity contribution in [1.82, 2.24) is 24.9 Å². The average molecular weight is 472 g/mol. The molecule has 3 heterocycles. The first-order chi connectivity index (χ1) is 17.0. The minimum atomic E-state index is -0.762. The number of imidazole rings is 1. The van der Waals surface area contributed by atoms with Crippen molar-refractivity contribution >= 4 is 17.1 Å². The van der Waals surface area contributed by atoms with Gasteiger partial charge in [0, 0.05) is 30.6 Å². The number of nitriles is 1. The van der Waals surface area contributed by atoms with Crippen LogP contribution in [0.4, 0.5) is 4.39 Å². The monoisotopic (exact) mass is 472 g/mol. The van der Waals surface area contributed by atoms with E-state index in [1.807, 2.05) is 6.07 Å². The van der Waals surface area contributed by atoms with Crippen LogP contribution in [0.5, 0.6) is 6.01 Å². The van der Waals surface area contributed by atoms with Gasteiger partial charge in [-0.2, -0.15) is 5.26 Å². The molecule has 1 fully saturated rings. The van der Waals surface area contributed by atoms with E-state index in [0.717, 1.165) is 25.7 Å². The Bertz CT molecular complexity index is 1420. The van der Waals surface area contributed by atoms with E-state index in [9.17, 15) is 9.18 Å². The number of pyridine rings is 1. The summed E-state index contributed by atoms with van der Waals surface area (Å²) in [6.07, 6.45) is 7.90. The summed E-state index contributed by atoms with van der Waals surface area (Å²) < 4.78 is 20.8. The third-order valence-corrected chi connectivity index (χ3v) is 6.18. The number of carboxylic acid groups (broad SMARTS) is 1. The van der Waals surface area contributed by atoms with Crippen molar-refractivity contribution < 1.29 is 19.0 Å². The van der Waals surface area contributed by atoms with E-state index in [2.05, 4.69) is 24.9 Å². The Morgan fingerprint density at radius 2 is 1.89 bits per heavy atom. The van der Waals surface area contributed by atoms with Gasteiger partial charge in [-0.05, 0) is 55.4 Å². The Labute approximate surface area is 199 Å². The van der Waals surface area contributed by atoms with Crippen molar-refractivity contribution in [2.75, 3.05) is 0 Å². The molecule has 1 saturated carbocycles. The lowest BCUT2D eigenvalue weighted by Crippen LogP contribution is -2.25. The molecule has 1 aromatic carbocycles. The summed E-state index contributed by atoms with van der Waals surface area (Å²) in [7, 11) is 0. The van der Waals surface area contributed by atoms with Crippen LogP contribution in [0.15, 0.2) is 42.9 Å². The number of H-pyrrole nitrogens is 1. The number of aromatic nitrogens is 5. The Morgan fingerprint density at radius 3 is 2.57 bits per heavy atom. The number of aromatic amines is 1. The van der Waals surface area contributed by atoms with Gasteiger partial charge < -0.3 is 14.8 Å². The number of fused-ring (bicyclic) bond motifs is 1. The Morgan fingerprint density at radius 1 is 1.11 bits per heavy atom. The number of benzene rings is 1. The van der Waals surface area contributed by atoms with Gasteiger partial charge in [0.2, 0.25) is 0 Å². The molecule has 0 aliphatic heterocycles. The van der Waals surface area contributed by atoms with Crippen molar-refractivity contribution in [2.45, 2.75) is 38.2 Å². The van der Waals surface area contributed by atoms with Crippen molar-refractivity contribution in [3.05, 3.63) is 54.2 Å². The van der Waals surface area contributed by atoms with Crippen LogP contribution in [0.2, 0.25) is 0 Å². The Kier molecular flexibility index (Phi) is 6.06. The normalized spacial score (nSPS) is 17.7. The highest BCUT2D eigenvalue weighted by Gasteiger charge is 2.24. The van der Waals surface area contributed by atoms with E-state index in [-0.39, 0.29) is 30.0 Å². The van der Waals surface area contributed by atoms with Gasteiger partial charge in [0.15, 0.2) is 5.65 Å². The van der Waals surface area contributed by atoms with Crippen molar-refractivity contribution in [2.24, 2.45) is 5.92 Å². The van der Waals surface area contributed by atoms with Gasteiger partial charge in [0.05, 0.1) is 16.6 Å². The molecule has 0 unspecified atom stereocenters. The molecule has 0 radical (unpaired) electrons. The number of rotatable bonds is 6. The van der Waals surface area contributed by atoms with Crippen LogP contribution in [-0.4, -0.2) is 42.1 Å². The SMILES string of the molecule is N#Cc1cnc2nc(-c3ccc(-c4cnc(OC5CCC(CC(=O)O)CC5)nc4)cc3F)[nH]c2c1. The summed E-state index contributed by atoms with van der Waals surface area (Å²) in [5.74, 6) is -0.717. The molecular weight excluding hydrogens is 451 g/mol. The van der Waals surface area contributed by atoms with E-state index in [4.69, 9.17) is 15.1 Å². The van der Waals surface area contributed by atoms with E-state index in [1.54, 1.807) is 30.6 Å². The van der Waals surface area contributed by atoms with Crippen molar-refractivity contribution in [1.29, 1.82) is 5.26 Å². The number of hydrogen-bond acceptors (Lipinski definition) is 7. The lowest BCUT2D eigenvalue weighted by atomic mass is 9.85. The topological polar surface area (TPSA) is 138 Å². The quantitative estimate of drug-likeness (QED) is 0.418. The number of ether oxygens (including phenoxy) is 1. The van der Waals surface area contributed by atoms with E-state index in [1.165, 1.54) is 12.3 Å². The average Bonchev–Trinajstić information content (AvgIpc) is 3.28. The molecule has 2 N–H and O–H groups in total. The zero-order valence-electron chi connectivity index (χ0n) is 18.6. The molecule has 10 heteroatoms. The highest BCUT2D eigenvalue weighted by molar-refractivity contribution is 5.78. The van der Waals surface area contributed by atoms with Gasteiger partial charge in [-0.3, -0.25) is 4.79 Å². The smallest absolute Gasteiger partial charge is 0.316 e. The predicted molar refractivity (Wildman–Crippen MR) is 124 cm³/mol. The number of nitrogens with zero attached hydrogens (tertiary/aromatic N) is 5. The van der Waals surface area contributed by atoms with Gasteiger partial charge in [0.25, 0.3) is 0 Å². The van der Waals surface area contributed by atoms with Crippen molar-refractivity contribution in [3.63, 3.8) is 0 Å². The first-order valence-corrected chi connectivity index (χ1v) is 11.2. The van der Waals surface area contributed by atoms with Gasteiger partial charge in [-0.25, -0.2) is 24.3 Å². The molecule has 35 heavy (non-hydrogen) atoms. The summed E-state index contributed by atoms with van der Waals surface area (Å²) >= 11 is 0. The van der Waals surface area contributed by atoms with Crippen LogP contribution in [0.25, 0.3) is 33.7 Å². The summed E-state index contributed by atoms with van der Waals surface area (Å²) in [5.41, 5.74) is 2.88. The molecule has 4 aromatic rings. The van der Waals surface area contributed by atoms with Gasteiger partial charge >= 0.3 is 12.0 Å². The second-order valence-corrected chi connectivity index (χ2v) is 8.60. The van der Waals surface area contributed by atoms with Crippen LogP contribution in [0.3, 0.4) is 0 Å². The highest BCUT2D eigenvalue weighted by atomic mass is 19.1. The fraction of sp³-hybridized carbons (Fsp3) is 0.280. The molecule has 0 saturated heterocycles. The first kappa shape index (κ1) is 22.4. The van der Waals surface area contributed by atoms with Crippen LogP contribution < -0.4 is 4.74 Å². The van der Waals surface area contributed by atoms with E-state index in [0.29, 0.717) is 33.7 Å². The number of carbonyl (C=O) groups is 1. The second kappa shape index (κ2) is 9.46. The summed E-state index contributed by atoms with van der Waals surface area (Å²) in [6.45, 7) is 0. The molecule has 0 spiro atoms. The number of hydrogen-bond donors (Lipinski definition) is 2. The van der Waals surface area contributed by atoms with Crippen LogP contribution in [0.1, 0.15) is 37.7 Å². The third-order valence-electron chi connectivity index (χ3n) is 6.18. The van der Waals surface area contributed by atoms with Crippen LogP contribution in [0, 0.1) is 23.1 Å². The molecular formula is C25H21FN6O3. The largest absolute Gasteiger partial charge is 0.481 e. The Balaban J connectivity index is 1.27. The number of nitrogens with one attached hydrogen (secondary N) is 1. The van der Waals surface area contributed by atoms with Crippen LogP contribution in [-0.2, 0) is 4.79 Å². The minimum Gasteiger partial charge on any atom is -0.481 e. The number of aliphatic carboxylic acids is 1. The molecule has 9 nitrogen and oxygen atoms in total. The zero-order valence-corrected chi connectivity index (χ0v) is 18.6. The molecule has 1 aliphatic rings. The van der Waals surface area contributed by atoms with Gasteiger partial charge in [-0.1, -0.05) is 6.07 Å². The van der Waals surface area contributed by atoms with Gasteiger partial charge in [0.1, 0.15) is 23.8 Å². The molecule has 0 amide bonds. The number of halogens is 1. The summed E-state index contributed by atoms with van der Waals surface area (Å²) in [6, 6.07) is 8.64. The summed E-state index contributed by atoms with van der Waals surface area (Å²) in [4.78, 5) is 30.9. The third kappa shape index (κ3) is 4.94. The van der Waals surface area contributed by atoms with E-state index >= 15 is 0 Å². The minimum absolute atomic E-state index is 0.0369. The van der Waals surface area contributed by atoms with Crippen LogP contribution >= 0.6 is 0 Å². The summed E-state index contributed by atoms with van der Waals surface area (Å²) in [5, 5.41) is 18.0. The second-order valence-electron chi connectivity index (χ2n) is 8.60. The Hall–Kier alpha value is -4.39. The number of carboxylic acids is 1. The molecule has 0 bridgehead atoms. The maximum absolute atomic E-state index is 15.0. The lowest BCUT2D eigenvalue weighted by molar-refractivity contribution is -0.138. The zero-order chi connectivity index (χ0) is 24.4. The fourth-order valence-corrected chi connectivity index (χ4v) is 4.35.